The Morgan fingerprint density at radius 1 is 0.548 bits per heavy atom. The van der Waals surface area contributed by atoms with Crippen LogP contribution < -0.4 is 0 Å². The molecule has 62 heavy (non-hydrogen) atoms. The molecule has 1 fully saturated rings. The zero-order valence-corrected chi connectivity index (χ0v) is 39.0. The number of carbonyl (C=O) groups excluding carboxylic acids is 2. The Bertz CT molecular complexity index is 1370. The molecule has 0 amide bonds. The first-order valence-corrected chi connectivity index (χ1v) is 25.5. The lowest BCUT2D eigenvalue weighted by Gasteiger charge is -2.40. The van der Waals surface area contributed by atoms with Crippen LogP contribution in [0.1, 0.15) is 181 Å². The van der Waals surface area contributed by atoms with Crippen molar-refractivity contribution in [3.05, 3.63) is 60.8 Å². The predicted molar refractivity (Wildman–Crippen MR) is 247 cm³/mol. The second-order valence-corrected chi connectivity index (χ2v) is 17.9. The Morgan fingerprint density at radius 3 is 1.52 bits per heavy atom. The van der Waals surface area contributed by atoms with E-state index in [9.17, 15) is 37.9 Å². The van der Waals surface area contributed by atoms with E-state index >= 15 is 0 Å². The molecular formula is C49H84O12S. The molecule has 2 unspecified atom stereocenters. The highest BCUT2D eigenvalue weighted by Crippen LogP contribution is 2.24. The minimum Gasteiger partial charge on any atom is -0.462 e. The zero-order valence-electron chi connectivity index (χ0n) is 38.2. The summed E-state index contributed by atoms with van der Waals surface area (Å²) in [5.41, 5.74) is 0. The predicted octanol–water partition coefficient (Wildman–Crippen LogP) is 10.1. The molecule has 1 rings (SSSR count). The third kappa shape index (κ3) is 32.9. The van der Waals surface area contributed by atoms with Gasteiger partial charge in [-0.2, -0.15) is 8.42 Å². The molecule has 0 bridgehead atoms. The molecule has 0 aromatic carbocycles. The Morgan fingerprint density at radius 2 is 0.984 bits per heavy atom. The monoisotopic (exact) mass is 897 g/mol. The highest BCUT2D eigenvalue weighted by molar-refractivity contribution is 7.85. The average Bonchev–Trinajstić information content (AvgIpc) is 3.24. The number of aliphatic hydroxyl groups is 3. The summed E-state index contributed by atoms with van der Waals surface area (Å²) >= 11 is 0. The normalized spacial score (nSPS) is 20.4. The zero-order chi connectivity index (χ0) is 45.5. The van der Waals surface area contributed by atoms with Crippen LogP contribution in [0.2, 0.25) is 0 Å². The van der Waals surface area contributed by atoms with Crippen LogP contribution in [0.15, 0.2) is 60.8 Å². The molecule has 1 heterocycles. The molecular weight excluding hydrogens is 813 g/mol. The fourth-order valence-corrected chi connectivity index (χ4v) is 7.53. The van der Waals surface area contributed by atoms with Crippen LogP contribution in [0.3, 0.4) is 0 Å². The molecule has 0 aromatic heterocycles. The third-order valence-corrected chi connectivity index (χ3v) is 11.3. The number of rotatable bonds is 39. The van der Waals surface area contributed by atoms with Crippen LogP contribution in [0.5, 0.6) is 0 Å². The van der Waals surface area contributed by atoms with Gasteiger partial charge in [0.15, 0.2) is 12.4 Å². The van der Waals surface area contributed by atoms with Crippen LogP contribution in [0, 0.1) is 0 Å². The van der Waals surface area contributed by atoms with Gasteiger partial charge in [-0.05, 0) is 77.0 Å². The summed E-state index contributed by atoms with van der Waals surface area (Å²) in [4.78, 5) is 25.4. The number of unbranched alkanes of at least 4 members (excludes halogenated alkanes) is 17. The first-order chi connectivity index (χ1) is 30.0. The lowest BCUT2D eigenvalue weighted by molar-refractivity contribution is -0.297. The van der Waals surface area contributed by atoms with Gasteiger partial charge >= 0.3 is 11.9 Å². The molecule has 1 saturated heterocycles. The van der Waals surface area contributed by atoms with Crippen LogP contribution in [-0.4, -0.2) is 96.0 Å². The fraction of sp³-hybridized carbons (Fsp3) is 0.755. The molecule has 1 aliphatic rings. The smallest absolute Gasteiger partial charge is 0.306 e. The molecule has 12 nitrogen and oxygen atoms in total. The highest BCUT2D eigenvalue weighted by Gasteiger charge is 2.46. The summed E-state index contributed by atoms with van der Waals surface area (Å²) in [6.45, 7) is 3.69. The molecule has 1 aliphatic heterocycles. The molecule has 0 radical (unpaired) electrons. The molecule has 0 saturated carbocycles. The second kappa shape index (κ2) is 38.8. The molecule has 0 spiro atoms. The second-order valence-electron chi connectivity index (χ2n) is 16.4. The summed E-state index contributed by atoms with van der Waals surface area (Å²) in [6, 6.07) is 0. The lowest BCUT2D eigenvalue weighted by Crippen LogP contribution is -2.60. The number of hydrogen-bond acceptors (Lipinski definition) is 11. The summed E-state index contributed by atoms with van der Waals surface area (Å²) in [6.07, 6.45) is 38.4. The van der Waals surface area contributed by atoms with Crippen molar-refractivity contribution in [3.8, 4) is 0 Å². The third-order valence-electron chi connectivity index (χ3n) is 10.6. The Hall–Kier alpha value is -2.65. The van der Waals surface area contributed by atoms with E-state index in [0.717, 1.165) is 64.2 Å². The highest BCUT2D eigenvalue weighted by atomic mass is 32.2. The van der Waals surface area contributed by atoms with Gasteiger partial charge in [0.25, 0.3) is 10.1 Å². The summed E-state index contributed by atoms with van der Waals surface area (Å²) in [7, 11) is -4.61. The summed E-state index contributed by atoms with van der Waals surface area (Å²) in [5, 5.41) is 30.9. The maximum absolute atomic E-state index is 12.8. The number of ether oxygens (including phenoxy) is 4. The molecule has 0 aliphatic carbocycles. The Balaban J connectivity index is 2.47. The van der Waals surface area contributed by atoms with E-state index in [4.69, 9.17) is 18.9 Å². The van der Waals surface area contributed by atoms with Crippen molar-refractivity contribution in [2.45, 2.75) is 218 Å². The van der Waals surface area contributed by atoms with Gasteiger partial charge in [-0.15, -0.1) is 0 Å². The van der Waals surface area contributed by atoms with Crippen LogP contribution in [0.4, 0.5) is 0 Å². The van der Waals surface area contributed by atoms with E-state index in [-0.39, 0.29) is 19.4 Å². The SMILES string of the molecule is CCCCCC/C=C/CCCCCCCC(=O)OC[C@H](CO[C@H]1O[C@H](CS(=O)(=O)O)[C@@H](O)C(O)C1O)OC(=O)CCC/C=C/C/C=C/C/C=C/C/C=C/CCCCCCCCC. The number of allylic oxidation sites excluding steroid dienone is 10. The van der Waals surface area contributed by atoms with E-state index in [1.807, 2.05) is 12.2 Å². The van der Waals surface area contributed by atoms with Gasteiger partial charge in [-0.1, -0.05) is 152 Å². The quantitative estimate of drug-likeness (QED) is 0.0198. The van der Waals surface area contributed by atoms with Crippen molar-refractivity contribution in [1.82, 2.24) is 0 Å². The van der Waals surface area contributed by atoms with Crippen molar-refractivity contribution < 1.29 is 56.8 Å². The Kier molecular flexibility index (Phi) is 35.9. The van der Waals surface area contributed by atoms with E-state index in [1.54, 1.807) is 0 Å². The van der Waals surface area contributed by atoms with Gasteiger partial charge in [0.2, 0.25) is 0 Å². The molecule has 358 valence electrons. The van der Waals surface area contributed by atoms with Gasteiger partial charge in [0, 0.05) is 12.8 Å². The largest absolute Gasteiger partial charge is 0.462 e. The Labute approximate surface area is 375 Å². The van der Waals surface area contributed by atoms with Crippen molar-refractivity contribution in [2.24, 2.45) is 0 Å². The van der Waals surface area contributed by atoms with Gasteiger partial charge in [-0.25, -0.2) is 0 Å². The minimum atomic E-state index is -4.61. The average molecular weight is 897 g/mol. The van der Waals surface area contributed by atoms with Gasteiger partial charge in [0.1, 0.15) is 36.8 Å². The van der Waals surface area contributed by atoms with Crippen molar-refractivity contribution in [2.75, 3.05) is 19.0 Å². The maximum atomic E-state index is 12.8. The van der Waals surface area contributed by atoms with E-state index in [1.165, 1.54) is 70.6 Å². The minimum absolute atomic E-state index is 0.0849. The maximum Gasteiger partial charge on any atom is 0.306 e. The fourth-order valence-electron chi connectivity index (χ4n) is 6.84. The van der Waals surface area contributed by atoms with Gasteiger partial charge in [-0.3, -0.25) is 14.1 Å². The molecule has 4 N–H and O–H groups in total. The topological polar surface area (TPSA) is 186 Å². The summed E-state index contributed by atoms with van der Waals surface area (Å²) in [5.74, 6) is -2.07. The number of carbonyl (C=O) groups is 2. The molecule has 6 atom stereocenters. The lowest BCUT2D eigenvalue weighted by atomic mass is 10.00. The van der Waals surface area contributed by atoms with Crippen molar-refractivity contribution in [3.63, 3.8) is 0 Å². The number of aliphatic hydroxyl groups excluding tert-OH is 3. The first kappa shape index (κ1) is 57.4. The van der Waals surface area contributed by atoms with E-state index < -0.39 is 71.2 Å². The van der Waals surface area contributed by atoms with Crippen molar-refractivity contribution in [1.29, 1.82) is 0 Å². The van der Waals surface area contributed by atoms with Gasteiger partial charge < -0.3 is 34.3 Å². The number of hydrogen-bond donors (Lipinski definition) is 4. The molecule has 13 heteroatoms. The van der Waals surface area contributed by atoms with Gasteiger partial charge in [0.05, 0.1) is 6.61 Å². The van der Waals surface area contributed by atoms with Crippen LogP contribution in [0.25, 0.3) is 0 Å². The number of esters is 2. The van der Waals surface area contributed by atoms with E-state index in [0.29, 0.717) is 19.3 Å². The summed E-state index contributed by atoms with van der Waals surface area (Å²) < 4.78 is 54.0. The van der Waals surface area contributed by atoms with Crippen LogP contribution in [-0.2, 0) is 38.7 Å². The molecule has 0 aromatic rings. The van der Waals surface area contributed by atoms with Crippen LogP contribution >= 0.6 is 0 Å². The van der Waals surface area contributed by atoms with Crippen molar-refractivity contribution >= 4 is 22.1 Å². The van der Waals surface area contributed by atoms with E-state index in [2.05, 4.69) is 62.5 Å². The first-order valence-electron chi connectivity index (χ1n) is 23.8. The standard InChI is InChI=1S/C49H84O12S/c1-3-5-7-9-11-13-15-17-18-19-20-21-22-23-24-26-28-30-32-34-36-38-45(51)60-42(40-59-49-48(54)47(53)46(52)43(61-49)41-62(55,56)57)39-58-44(50)37-35-33-31-29-27-25-16-14-12-10-8-6-4-2/h14,16,18-19,21-22,24,26,30,32,42-43,46-49,52-54H,3-13,15,17,20,23,25,27-29,31,33-41H2,1-2H3,(H,55,56,57)/b16-14+,19-18+,22-21+,26-24+,32-30+/t42-,43-,46-,47?,48?,49+/m1/s1.